The van der Waals surface area contributed by atoms with Crippen molar-refractivity contribution < 1.29 is 29.0 Å². The second-order valence-electron chi connectivity index (χ2n) is 9.39. The van der Waals surface area contributed by atoms with Gasteiger partial charge in [-0.15, -0.1) is 0 Å². The summed E-state index contributed by atoms with van der Waals surface area (Å²) in [5, 5.41) is 17.6. The Bertz CT molecular complexity index is 668. The molecule has 2 heterocycles. The molecular formula is C24H42N4O6. The first-order valence-corrected chi connectivity index (χ1v) is 12.8. The van der Waals surface area contributed by atoms with E-state index >= 15 is 0 Å². The van der Waals surface area contributed by atoms with Crippen LogP contribution in [-0.2, 0) is 19.1 Å². The van der Waals surface area contributed by atoms with Crippen LogP contribution in [0.3, 0.4) is 0 Å². The van der Waals surface area contributed by atoms with Gasteiger partial charge in [-0.05, 0) is 57.5 Å². The standard InChI is InChI=1S/C24H42N4O6/c1-2-3-4-5-15-34-24(33)27-20(23(31)32)16-26-22(30)19-7-6-14-28(17-19)21(29)9-8-18-10-12-25-13-11-18/h18-20,25H,2-17H2,1H3,(H,26,30)(H,27,33)(H,31,32)/t19-,20-/m1/s1. The number of aliphatic carboxylic acids is 1. The van der Waals surface area contributed by atoms with Crippen LogP contribution >= 0.6 is 0 Å². The molecule has 194 valence electrons. The minimum absolute atomic E-state index is 0.0859. The van der Waals surface area contributed by atoms with E-state index in [4.69, 9.17) is 4.74 Å². The van der Waals surface area contributed by atoms with Crippen molar-refractivity contribution in [1.82, 2.24) is 20.9 Å². The highest BCUT2D eigenvalue weighted by molar-refractivity contribution is 5.83. The number of rotatable bonds is 13. The van der Waals surface area contributed by atoms with Gasteiger partial charge in [-0.25, -0.2) is 9.59 Å². The van der Waals surface area contributed by atoms with Crippen molar-refractivity contribution in [3.63, 3.8) is 0 Å². The lowest BCUT2D eigenvalue weighted by Crippen LogP contribution is -2.51. The molecule has 0 bridgehead atoms. The Morgan fingerprint density at radius 3 is 2.59 bits per heavy atom. The predicted octanol–water partition coefficient (Wildman–Crippen LogP) is 1.88. The molecule has 4 N–H and O–H groups in total. The molecule has 0 spiro atoms. The van der Waals surface area contributed by atoms with Crippen LogP contribution in [0.1, 0.15) is 71.1 Å². The Labute approximate surface area is 202 Å². The van der Waals surface area contributed by atoms with Crippen molar-refractivity contribution in [3.05, 3.63) is 0 Å². The van der Waals surface area contributed by atoms with Gasteiger partial charge in [0.25, 0.3) is 0 Å². The summed E-state index contributed by atoms with van der Waals surface area (Å²) in [5.41, 5.74) is 0. The van der Waals surface area contributed by atoms with Gasteiger partial charge < -0.3 is 30.7 Å². The summed E-state index contributed by atoms with van der Waals surface area (Å²) in [6.45, 7) is 5.09. The van der Waals surface area contributed by atoms with E-state index in [2.05, 4.69) is 22.9 Å². The van der Waals surface area contributed by atoms with Gasteiger partial charge in [-0.1, -0.05) is 26.2 Å². The molecule has 10 heteroatoms. The highest BCUT2D eigenvalue weighted by Gasteiger charge is 2.30. The third kappa shape index (κ3) is 10.3. The fourth-order valence-corrected chi connectivity index (χ4v) is 4.50. The van der Waals surface area contributed by atoms with Crippen molar-refractivity contribution in [2.75, 3.05) is 39.3 Å². The van der Waals surface area contributed by atoms with Gasteiger partial charge >= 0.3 is 12.1 Å². The number of nitrogens with zero attached hydrogens (tertiary/aromatic N) is 1. The summed E-state index contributed by atoms with van der Waals surface area (Å²) < 4.78 is 5.03. The zero-order valence-electron chi connectivity index (χ0n) is 20.5. The number of alkyl carbamates (subject to hydrolysis) is 1. The SMILES string of the molecule is CCCCCCOC(=O)N[C@H](CNC(=O)[C@@H]1CCCN(C(=O)CCC2CCNCC2)C1)C(=O)O. The molecule has 0 aromatic carbocycles. The van der Waals surface area contributed by atoms with Gasteiger partial charge in [0.1, 0.15) is 6.04 Å². The van der Waals surface area contributed by atoms with Gasteiger partial charge in [0.15, 0.2) is 0 Å². The van der Waals surface area contributed by atoms with E-state index in [0.717, 1.165) is 64.5 Å². The first-order valence-electron chi connectivity index (χ1n) is 12.8. The molecule has 2 rings (SSSR count). The fourth-order valence-electron chi connectivity index (χ4n) is 4.50. The predicted molar refractivity (Wildman–Crippen MR) is 127 cm³/mol. The fraction of sp³-hybridized carbons (Fsp3) is 0.833. The lowest BCUT2D eigenvalue weighted by molar-refractivity contribution is -0.139. The van der Waals surface area contributed by atoms with Crippen LogP contribution in [0.15, 0.2) is 0 Å². The molecule has 2 saturated heterocycles. The molecule has 2 aliphatic rings. The lowest BCUT2D eigenvalue weighted by Gasteiger charge is -2.33. The maximum absolute atomic E-state index is 12.7. The second-order valence-corrected chi connectivity index (χ2v) is 9.39. The quantitative estimate of drug-likeness (QED) is 0.294. The monoisotopic (exact) mass is 482 g/mol. The van der Waals surface area contributed by atoms with E-state index in [9.17, 15) is 24.3 Å². The Morgan fingerprint density at radius 1 is 1.12 bits per heavy atom. The number of carbonyl (C=O) groups is 4. The highest BCUT2D eigenvalue weighted by atomic mass is 16.5. The topological polar surface area (TPSA) is 137 Å². The van der Waals surface area contributed by atoms with Gasteiger partial charge in [0, 0.05) is 26.1 Å². The average Bonchev–Trinajstić information content (AvgIpc) is 2.85. The Kier molecular flexibility index (Phi) is 12.7. The Balaban J connectivity index is 1.72. The number of unbranched alkanes of at least 4 members (excludes halogenated alkanes) is 3. The van der Waals surface area contributed by atoms with E-state index in [-0.39, 0.29) is 30.9 Å². The molecule has 2 fully saturated rings. The van der Waals surface area contributed by atoms with Gasteiger partial charge in [-0.2, -0.15) is 0 Å². The number of nitrogens with one attached hydrogen (secondary N) is 3. The zero-order chi connectivity index (χ0) is 24.8. The molecule has 34 heavy (non-hydrogen) atoms. The summed E-state index contributed by atoms with van der Waals surface area (Å²) in [6.07, 6.45) is 7.96. The molecule has 0 aliphatic carbocycles. The highest BCUT2D eigenvalue weighted by Crippen LogP contribution is 2.21. The molecule has 0 saturated carbocycles. The largest absolute Gasteiger partial charge is 0.480 e. The van der Waals surface area contributed by atoms with Crippen LogP contribution in [-0.4, -0.2) is 79.3 Å². The number of ether oxygens (including phenoxy) is 1. The molecule has 0 radical (unpaired) electrons. The van der Waals surface area contributed by atoms with Crippen molar-refractivity contribution in [2.45, 2.75) is 77.2 Å². The number of carbonyl (C=O) groups excluding carboxylic acids is 3. The summed E-state index contributed by atoms with van der Waals surface area (Å²) >= 11 is 0. The van der Waals surface area contributed by atoms with Gasteiger partial charge in [0.2, 0.25) is 11.8 Å². The number of hydrogen-bond acceptors (Lipinski definition) is 6. The number of carboxylic acid groups (broad SMARTS) is 1. The number of hydrogen-bond donors (Lipinski definition) is 4. The second kappa shape index (κ2) is 15.5. The first-order chi connectivity index (χ1) is 16.4. The summed E-state index contributed by atoms with van der Waals surface area (Å²) in [7, 11) is 0. The van der Waals surface area contributed by atoms with E-state index in [1.165, 1.54) is 0 Å². The van der Waals surface area contributed by atoms with E-state index in [0.29, 0.717) is 31.8 Å². The maximum atomic E-state index is 12.7. The van der Waals surface area contributed by atoms with Crippen LogP contribution < -0.4 is 16.0 Å². The maximum Gasteiger partial charge on any atom is 0.407 e. The summed E-state index contributed by atoms with van der Waals surface area (Å²) in [6, 6.07) is -1.28. The minimum atomic E-state index is -1.28. The third-order valence-corrected chi connectivity index (χ3v) is 6.67. The molecule has 0 unspecified atom stereocenters. The smallest absolute Gasteiger partial charge is 0.407 e. The van der Waals surface area contributed by atoms with E-state index in [1.807, 2.05) is 0 Å². The zero-order valence-corrected chi connectivity index (χ0v) is 20.5. The first kappa shape index (κ1) is 27.9. The molecular weight excluding hydrogens is 440 g/mol. The number of piperidine rings is 2. The van der Waals surface area contributed by atoms with Crippen molar-refractivity contribution in [3.8, 4) is 0 Å². The third-order valence-electron chi connectivity index (χ3n) is 6.67. The van der Waals surface area contributed by atoms with E-state index in [1.54, 1.807) is 4.90 Å². The molecule has 0 aromatic rings. The minimum Gasteiger partial charge on any atom is -0.480 e. The van der Waals surface area contributed by atoms with Crippen molar-refractivity contribution in [1.29, 1.82) is 0 Å². The van der Waals surface area contributed by atoms with Gasteiger partial charge in [-0.3, -0.25) is 9.59 Å². The Hall–Kier alpha value is -2.36. The van der Waals surface area contributed by atoms with Crippen LogP contribution in [0.5, 0.6) is 0 Å². The normalized spacial score (nSPS) is 19.8. The van der Waals surface area contributed by atoms with Crippen LogP contribution in [0.2, 0.25) is 0 Å². The van der Waals surface area contributed by atoms with Gasteiger partial charge in [0.05, 0.1) is 12.5 Å². The molecule has 2 aliphatic heterocycles. The number of amides is 3. The number of carboxylic acids is 1. The van der Waals surface area contributed by atoms with Crippen LogP contribution in [0, 0.1) is 11.8 Å². The van der Waals surface area contributed by atoms with Crippen molar-refractivity contribution >= 4 is 23.9 Å². The molecule has 10 nitrogen and oxygen atoms in total. The van der Waals surface area contributed by atoms with Crippen LogP contribution in [0.4, 0.5) is 4.79 Å². The van der Waals surface area contributed by atoms with Crippen molar-refractivity contribution in [2.24, 2.45) is 11.8 Å². The summed E-state index contributed by atoms with van der Waals surface area (Å²) in [4.78, 5) is 50.5. The lowest BCUT2D eigenvalue weighted by atomic mass is 9.92. The average molecular weight is 483 g/mol. The molecule has 0 aromatic heterocycles. The van der Waals surface area contributed by atoms with E-state index < -0.39 is 18.1 Å². The summed E-state index contributed by atoms with van der Waals surface area (Å²) in [5.74, 6) is -1.25. The number of likely N-dealkylation sites (tertiary alicyclic amines) is 1. The molecule has 2 atom stereocenters. The Morgan fingerprint density at radius 2 is 1.88 bits per heavy atom. The molecule has 3 amide bonds. The van der Waals surface area contributed by atoms with Crippen LogP contribution in [0.25, 0.3) is 0 Å².